The number of benzene rings is 2. The van der Waals surface area contributed by atoms with Gasteiger partial charge in [-0.3, -0.25) is 4.99 Å². The van der Waals surface area contributed by atoms with Crippen LogP contribution in [0.4, 0.5) is 11.4 Å². The van der Waals surface area contributed by atoms with Gasteiger partial charge in [-0.15, -0.1) is 0 Å². The standard InChI is InChI=1S/C26H36N4/c1-2-3-4-5-6-7-8-9-10-13-16-30-25-18-22-15-12-11-14-21(22)17-23(25)29-24-19-27-20-28-26(24)30/h11-12,14-15,17-18,20,26H,2-10,13,16,19H2,1H3,(H,27,28). The van der Waals surface area contributed by atoms with Gasteiger partial charge < -0.3 is 10.2 Å². The van der Waals surface area contributed by atoms with Crippen molar-refractivity contribution in [3.63, 3.8) is 0 Å². The molecule has 0 saturated heterocycles. The maximum atomic E-state index is 4.97. The smallest absolute Gasteiger partial charge is 0.142 e. The molecule has 1 N–H and O–H groups in total. The SMILES string of the molecule is CCCCCCCCCCCCN1c2cc3ccccc3cc2N=C2CN=CNC21. The molecular weight excluding hydrogens is 368 g/mol. The van der Waals surface area contributed by atoms with Crippen molar-refractivity contribution in [2.75, 3.05) is 18.0 Å². The number of hydrogen-bond donors (Lipinski definition) is 1. The van der Waals surface area contributed by atoms with Gasteiger partial charge in [-0.05, 0) is 29.3 Å². The van der Waals surface area contributed by atoms with E-state index < -0.39 is 0 Å². The van der Waals surface area contributed by atoms with E-state index in [1.807, 2.05) is 6.34 Å². The fourth-order valence-corrected chi connectivity index (χ4v) is 4.66. The Labute approximate surface area is 181 Å². The van der Waals surface area contributed by atoms with Crippen molar-refractivity contribution in [2.24, 2.45) is 9.98 Å². The minimum atomic E-state index is 0.148. The number of anilines is 1. The molecule has 2 aliphatic heterocycles. The van der Waals surface area contributed by atoms with Crippen LogP contribution in [-0.4, -0.2) is 31.3 Å². The van der Waals surface area contributed by atoms with Gasteiger partial charge in [-0.1, -0.05) is 89.0 Å². The van der Waals surface area contributed by atoms with Crippen molar-refractivity contribution in [3.05, 3.63) is 36.4 Å². The van der Waals surface area contributed by atoms with Gasteiger partial charge in [0, 0.05) is 6.54 Å². The summed E-state index contributed by atoms with van der Waals surface area (Å²) in [5.41, 5.74) is 3.47. The highest BCUT2D eigenvalue weighted by Crippen LogP contribution is 2.38. The number of fused-ring (bicyclic) bond motifs is 3. The molecular formula is C26H36N4. The van der Waals surface area contributed by atoms with E-state index in [2.05, 4.69) is 58.5 Å². The molecule has 0 spiro atoms. The molecule has 0 radical (unpaired) electrons. The molecule has 4 heteroatoms. The van der Waals surface area contributed by atoms with E-state index in [4.69, 9.17) is 4.99 Å². The Balaban J connectivity index is 1.35. The lowest BCUT2D eigenvalue weighted by Gasteiger charge is -2.39. The first-order valence-corrected chi connectivity index (χ1v) is 12.0. The molecule has 4 rings (SSSR count). The van der Waals surface area contributed by atoms with Crippen molar-refractivity contribution < 1.29 is 0 Å². The summed E-state index contributed by atoms with van der Waals surface area (Å²) in [4.78, 5) is 11.9. The Morgan fingerprint density at radius 3 is 2.30 bits per heavy atom. The average Bonchev–Trinajstić information content (AvgIpc) is 2.78. The number of unbranched alkanes of at least 4 members (excludes halogenated alkanes) is 9. The summed E-state index contributed by atoms with van der Waals surface area (Å²) < 4.78 is 0. The van der Waals surface area contributed by atoms with Crippen LogP contribution in [0.15, 0.2) is 46.4 Å². The Bertz CT molecular complexity index is 886. The molecule has 1 unspecified atom stereocenters. The number of nitrogens with zero attached hydrogens (tertiary/aromatic N) is 3. The van der Waals surface area contributed by atoms with Gasteiger partial charge in [-0.2, -0.15) is 0 Å². The van der Waals surface area contributed by atoms with Crippen LogP contribution in [0.2, 0.25) is 0 Å². The minimum Gasteiger partial charge on any atom is -0.352 e. The Morgan fingerprint density at radius 1 is 0.900 bits per heavy atom. The van der Waals surface area contributed by atoms with Gasteiger partial charge in [0.05, 0.1) is 30.0 Å². The maximum absolute atomic E-state index is 4.97. The molecule has 2 aliphatic rings. The number of rotatable bonds is 11. The first-order valence-electron chi connectivity index (χ1n) is 12.0. The van der Waals surface area contributed by atoms with E-state index in [1.165, 1.54) is 80.7 Å². The van der Waals surface area contributed by atoms with Gasteiger partial charge in [-0.25, -0.2) is 4.99 Å². The van der Waals surface area contributed by atoms with Crippen LogP contribution >= 0.6 is 0 Å². The van der Waals surface area contributed by atoms with Gasteiger partial charge in [0.2, 0.25) is 0 Å². The van der Waals surface area contributed by atoms with E-state index in [-0.39, 0.29) is 6.17 Å². The van der Waals surface area contributed by atoms with E-state index in [1.54, 1.807) is 0 Å². The van der Waals surface area contributed by atoms with Crippen LogP contribution < -0.4 is 10.2 Å². The summed E-state index contributed by atoms with van der Waals surface area (Å²) in [6.07, 6.45) is 15.7. The highest BCUT2D eigenvalue weighted by atomic mass is 15.3. The number of nitrogens with one attached hydrogen (secondary N) is 1. The summed E-state index contributed by atoms with van der Waals surface area (Å²) >= 11 is 0. The third kappa shape index (κ3) is 5.03. The molecule has 30 heavy (non-hydrogen) atoms. The molecule has 0 saturated carbocycles. The Hall–Kier alpha value is -2.36. The monoisotopic (exact) mass is 404 g/mol. The molecule has 4 nitrogen and oxygen atoms in total. The Kier molecular flexibility index (Phi) is 7.39. The quantitative estimate of drug-likeness (QED) is 0.428. The van der Waals surface area contributed by atoms with Gasteiger partial charge in [0.1, 0.15) is 6.17 Å². The van der Waals surface area contributed by atoms with Crippen LogP contribution in [0, 0.1) is 0 Å². The molecule has 0 fully saturated rings. The van der Waals surface area contributed by atoms with Crippen molar-refractivity contribution >= 4 is 34.2 Å². The maximum Gasteiger partial charge on any atom is 0.142 e. The third-order valence-electron chi connectivity index (χ3n) is 6.37. The zero-order valence-corrected chi connectivity index (χ0v) is 18.4. The molecule has 2 heterocycles. The predicted octanol–water partition coefficient (Wildman–Crippen LogP) is 6.61. The molecule has 0 aromatic heterocycles. The van der Waals surface area contributed by atoms with Crippen LogP contribution in [-0.2, 0) is 0 Å². The van der Waals surface area contributed by atoms with Crippen LogP contribution in [0.1, 0.15) is 71.1 Å². The summed E-state index contributed by atoms with van der Waals surface area (Å²) in [6.45, 7) is 4.04. The van der Waals surface area contributed by atoms with Gasteiger partial charge in [0.15, 0.2) is 0 Å². The summed E-state index contributed by atoms with van der Waals surface area (Å²) in [6, 6.07) is 13.1. The van der Waals surface area contributed by atoms with Crippen molar-refractivity contribution in [1.82, 2.24) is 5.32 Å². The predicted molar refractivity (Wildman–Crippen MR) is 131 cm³/mol. The molecule has 2 aromatic carbocycles. The molecule has 1 atom stereocenters. The van der Waals surface area contributed by atoms with Crippen molar-refractivity contribution in [2.45, 2.75) is 77.3 Å². The molecule has 0 aliphatic carbocycles. The van der Waals surface area contributed by atoms with Gasteiger partial charge >= 0.3 is 0 Å². The second kappa shape index (κ2) is 10.6. The summed E-state index contributed by atoms with van der Waals surface area (Å²) in [7, 11) is 0. The number of hydrogen-bond acceptors (Lipinski definition) is 4. The van der Waals surface area contributed by atoms with Crippen LogP contribution in [0.25, 0.3) is 10.8 Å². The fourth-order valence-electron chi connectivity index (χ4n) is 4.66. The average molecular weight is 405 g/mol. The van der Waals surface area contributed by atoms with Crippen molar-refractivity contribution in [1.29, 1.82) is 0 Å². The topological polar surface area (TPSA) is 40.0 Å². The third-order valence-corrected chi connectivity index (χ3v) is 6.37. The normalized spacial score (nSPS) is 17.4. The lowest BCUT2D eigenvalue weighted by atomic mass is 10.0. The van der Waals surface area contributed by atoms with E-state index in [9.17, 15) is 0 Å². The highest BCUT2D eigenvalue weighted by molar-refractivity contribution is 6.05. The first-order chi connectivity index (χ1) is 14.9. The second-order valence-electron chi connectivity index (χ2n) is 8.71. The molecule has 160 valence electrons. The highest BCUT2D eigenvalue weighted by Gasteiger charge is 2.30. The van der Waals surface area contributed by atoms with E-state index in [0.717, 1.165) is 17.9 Å². The van der Waals surface area contributed by atoms with Crippen molar-refractivity contribution in [3.8, 4) is 0 Å². The largest absolute Gasteiger partial charge is 0.352 e. The summed E-state index contributed by atoms with van der Waals surface area (Å²) in [5, 5.41) is 5.99. The summed E-state index contributed by atoms with van der Waals surface area (Å²) in [5.74, 6) is 0. The molecule has 2 aromatic rings. The van der Waals surface area contributed by atoms with E-state index >= 15 is 0 Å². The van der Waals surface area contributed by atoms with Crippen LogP contribution in [0.3, 0.4) is 0 Å². The number of aliphatic imine (C=N–C) groups is 2. The molecule has 0 bridgehead atoms. The van der Waals surface area contributed by atoms with Crippen LogP contribution in [0.5, 0.6) is 0 Å². The molecule has 0 amide bonds. The fraction of sp³-hybridized carbons (Fsp3) is 0.538. The van der Waals surface area contributed by atoms with Gasteiger partial charge in [0.25, 0.3) is 0 Å². The zero-order chi connectivity index (χ0) is 20.6. The Morgan fingerprint density at radius 2 is 1.57 bits per heavy atom. The second-order valence-corrected chi connectivity index (χ2v) is 8.71. The zero-order valence-electron chi connectivity index (χ0n) is 18.4. The van der Waals surface area contributed by atoms with E-state index in [0.29, 0.717) is 6.54 Å². The minimum absolute atomic E-state index is 0.148. The lowest BCUT2D eigenvalue weighted by Crippen LogP contribution is -2.55. The first kappa shape index (κ1) is 20.9. The lowest BCUT2D eigenvalue weighted by molar-refractivity contribution is 0.547.